The standard InChI is InChI=1S/C13H11NO2.Ni.H2O/c15-12-7-3-1-5-10(12)9-14-11-6-2-4-8-13(11)16;;/h1-9,14,16H;;1H2/b10-9+;;. The van der Waals surface area contributed by atoms with Gasteiger partial charge in [-0.2, -0.15) is 0 Å². The molecule has 2 rings (SSSR count). The van der Waals surface area contributed by atoms with E-state index in [2.05, 4.69) is 5.32 Å². The topological polar surface area (TPSA) is 80.8 Å². The van der Waals surface area contributed by atoms with Gasteiger partial charge < -0.3 is 15.9 Å². The fourth-order valence-corrected chi connectivity index (χ4v) is 1.35. The first-order valence-electron chi connectivity index (χ1n) is 4.91. The van der Waals surface area contributed by atoms with E-state index in [-0.39, 0.29) is 33.5 Å². The number of carbonyl (C=O) groups excluding carboxylic acids is 1. The van der Waals surface area contributed by atoms with Gasteiger partial charge in [0.1, 0.15) is 5.75 Å². The summed E-state index contributed by atoms with van der Waals surface area (Å²) >= 11 is 0. The molecule has 0 aliphatic heterocycles. The molecule has 0 radical (unpaired) electrons. The van der Waals surface area contributed by atoms with Crippen molar-refractivity contribution in [3.63, 3.8) is 0 Å². The van der Waals surface area contributed by atoms with Crippen molar-refractivity contribution in [1.82, 2.24) is 0 Å². The maximum atomic E-state index is 11.4. The van der Waals surface area contributed by atoms with Crippen LogP contribution in [-0.4, -0.2) is 16.4 Å². The van der Waals surface area contributed by atoms with Crippen LogP contribution in [0.4, 0.5) is 5.69 Å². The van der Waals surface area contributed by atoms with Crippen LogP contribution in [0.15, 0.2) is 60.3 Å². The zero-order valence-electron chi connectivity index (χ0n) is 9.37. The first-order chi connectivity index (χ1) is 7.77. The van der Waals surface area contributed by atoms with Gasteiger partial charge in [0, 0.05) is 28.3 Å². The van der Waals surface area contributed by atoms with Crippen molar-refractivity contribution < 1.29 is 31.9 Å². The zero-order chi connectivity index (χ0) is 11.4. The number of para-hydroxylation sites is 2. The third kappa shape index (κ3) is 3.88. The second-order valence-electron chi connectivity index (χ2n) is 3.34. The maximum Gasteiger partial charge on any atom is 0.187 e. The van der Waals surface area contributed by atoms with E-state index in [1.165, 1.54) is 6.08 Å². The molecule has 98 valence electrons. The van der Waals surface area contributed by atoms with Gasteiger partial charge in [-0.3, -0.25) is 4.79 Å². The number of ketones is 1. The van der Waals surface area contributed by atoms with E-state index in [1.807, 2.05) is 0 Å². The van der Waals surface area contributed by atoms with Gasteiger partial charge >= 0.3 is 0 Å². The van der Waals surface area contributed by atoms with Crippen LogP contribution in [0.25, 0.3) is 0 Å². The monoisotopic (exact) mass is 289 g/mol. The molecule has 0 heterocycles. The number of phenols is 1. The summed E-state index contributed by atoms with van der Waals surface area (Å²) in [6.45, 7) is 0. The minimum Gasteiger partial charge on any atom is -0.506 e. The van der Waals surface area contributed by atoms with Crippen LogP contribution in [0.5, 0.6) is 5.75 Å². The number of phenolic OH excluding ortho intramolecular Hbond substituents is 1. The fourth-order valence-electron chi connectivity index (χ4n) is 1.35. The van der Waals surface area contributed by atoms with Crippen molar-refractivity contribution in [3.05, 3.63) is 60.3 Å². The van der Waals surface area contributed by atoms with Gasteiger partial charge in [-0.25, -0.2) is 0 Å². The van der Waals surface area contributed by atoms with Gasteiger partial charge in [-0.1, -0.05) is 24.3 Å². The molecule has 0 atom stereocenters. The predicted octanol–water partition coefficient (Wildman–Crippen LogP) is 1.56. The molecule has 0 bridgehead atoms. The summed E-state index contributed by atoms with van der Waals surface area (Å²) in [7, 11) is 0. The molecule has 5 heteroatoms. The molecular weight excluding hydrogens is 277 g/mol. The van der Waals surface area contributed by atoms with Crippen molar-refractivity contribution in [2.75, 3.05) is 5.32 Å². The van der Waals surface area contributed by atoms with Crippen LogP contribution in [0.3, 0.4) is 0 Å². The molecule has 1 aliphatic rings. The Morgan fingerprint density at radius 2 is 1.78 bits per heavy atom. The average Bonchev–Trinajstić information content (AvgIpc) is 2.30. The van der Waals surface area contributed by atoms with E-state index >= 15 is 0 Å². The molecule has 0 fully saturated rings. The van der Waals surface area contributed by atoms with Crippen molar-refractivity contribution >= 4 is 11.5 Å². The molecule has 18 heavy (non-hydrogen) atoms. The van der Waals surface area contributed by atoms with Gasteiger partial charge in [0.25, 0.3) is 0 Å². The Balaban J connectivity index is 0.00000144. The van der Waals surface area contributed by atoms with Gasteiger partial charge in [0.2, 0.25) is 0 Å². The van der Waals surface area contributed by atoms with Crippen LogP contribution in [-0.2, 0) is 21.3 Å². The summed E-state index contributed by atoms with van der Waals surface area (Å²) < 4.78 is 0. The molecule has 4 nitrogen and oxygen atoms in total. The number of hydrogen-bond donors (Lipinski definition) is 2. The van der Waals surface area contributed by atoms with Gasteiger partial charge in [0.05, 0.1) is 5.69 Å². The molecule has 0 saturated heterocycles. The molecule has 0 unspecified atom stereocenters. The minimum absolute atomic E-state index is 0. The Labute approximate surface area is 115 Å². The number of hydrogen-bond acceptors (Lipinski definition) is 3. The van der Waals surface area contributed by atoms with E-state index < -0.39 is 0 Å². The molecular formula is C13H13NNiO3. The van der Waals surface area contributed by atoms with Crippen molar-refractivity contribution in [3.8, 4) is 5.75 Å². The van der Waals surface area contributed by atoms with Crippen LogP contribution in [0.2, 0.25) is 0 Å². The summed E-state index contributed by atoms with van der Waals surface area (Å²) in [6, 6.07) is 6.86. The summed E-state index contributed by atoms with van der Waals surface area (Å²) in [5, 5.41) is 12.4. The molecule has 1 aliphatic carbocycles. The largest absolute Gasteiger partial charge is 0.506 e. The average molecular weight is 290 g/mol. The number of rotatable bonds is 2. The predicted molar refractivity (Wildman–Crippen MR) is 66.7 cm³/mol. The smallest absolute Gasteiger partial charge is 0.187 e. The number of nitrogens with one attached hydrogen (secondary N) is 1. The Morgan fingerprint density at radius 3 is 2.44 bits per heavy atom. The molecule has 1 aromatic carbocycles. The van der Waals surface area contributed by atoms with Crippen molar-refractivity contribution in [2.45, 2.75) is 0 Å². The summed E-state index contributed by atoms with van der Waals surface area (Å²) in [6.07, 6.45) is 8.28. The normalized spacial score (nSPS) is 14.9. The Bertz CT molecular complexity index is 507. The van der Waals surface area contributed by atoms with Crippen molar-refractivity contribution in [2.24, 2.45) is 0 Å². The zero-order valence-corrected chi connectivity index (χ0v) is 10.4. The number of carbonyl (C=O) groups is 1. The molecule has 1 aromatic rings. The van der Waals surface area contributed by atoms with Crippen LogP contribution >= 0.6 is 0 Å². The van der Waals surface area contributed by atoms with Gasteiger partial charge in [-0.15, -0.1) is 0 Å². The molecule has 0 spiro atoms. The maximum absolute atomic E-state index is 11.4. The quantitative estimate of drug-likeness (QED) is 0.492. The Morgan fingerprint density at radius 1 is 1.11 bits per heavy atom. The SMILES string of the molecule is O.O=C1C=CC=C/C1=C\Nc1ccccc1O.[Ni]. The van der Waals surface area contributed by atoms with E-state index in [9.17, 15) is 9.90 Å². The number of anilines is 1. The van der Waals surface area contributed by atoms with Gasteiger partial charge in [0.15, 0.2) is 5.78 Å². The van der Waals surface area contributed by atoms with Gasteiger partial charge in [-0.05, 0) is 24.3 Å². The number of aromatic hydroxyl groups is 1. The van der Waals surface area contributed by atoms with Crippen LogP contribution in [0, 0.1) is 0 Å². The Hall–Kier alpha value is -1.84. The summed E-state index contributed by atoms with van der Waals surface area (Å²) in [5.41, 5.74) is 1.14. The number of allylic oxidation sites excluding steroid dienone is 5. The summed E-state index contributed by atoms with van der Waals surface area (Å²) in [5.74, 6) is 0.104. The van der Waals surface area contributed by atoms with E-state index in [0.717, 1.165) is 0 Å². The molecule has 4 N–H and O–H groups in total. The second-order valence-corrected chi connectivity index (χ2v) is 3.34. The molecule has 0 amide bonds. The first-order valence-corrected chi connectivity index (χ1v) is 4.91. The van der Waals surface area contributed by atoms with E-state index in [4.69, 9.17) is 0 Å². The third-order valence-electron chi connectivity index (χ3n) is 2.21. The molecule has 0 aromatic heterocycles. The minimum atomic E-state index is -0.0505. The third-order valence-corrected chi connectivity index (χ3v) is 2.21. The van der Waals surface area contributed by atoms with Crippen LogP contribution < -0.4 is 5.32 Å². The van der Waals surface area contributed by atoms with E-state index in [1.54, 1.807) is 48.7 Å². The van der Waals surface area contributed by atoms with E-state index in [0.29, 0.717) is 11.3 Å². The number of benzene rings is 1. The molecule has 0 saturated carbocycles. The Kier molecular flexibility index (Phi) is 6.72. The van der Waals surface area contributed by atoms with Crippen LogP contribution in [0.1, 0.15) is 0 Å². The van der Waals surface area contributed by atoms with Crippen molar-refractivity contribution in [1.29, 1.82) is 0 Å². The fraction of sp³-hybridized carbons (Fsp3) is 0. The first kappa shape index (κ1) is 16.2. The summed E-state index contributed by atoms with van der Waals surface area (Å²) in [4.78, 5) is 11.4. The second kappa shape index (κ2) is 7.48.